The number of nitrogens with zero attached hydrogens (tertiary/aromatic N) is 1. The van der Waals surface area contributed by atoms with E-state index in [9.17, 15) is 18.0 Å². The number of hydrogen-bond donors (Lipinski definition) is 1. The molecular weight excluding hydrogens is 297 g/mol. The van der Waals surface area contributed by atoms with Crippen LogP contribution in [0.1, 0.15) is 19.4 Å². The molecule has 0 atom stereocenters. The highest BCUT2D eigenvalue weighted by Gasteiger charge is 2.34. The van der Waals surface area contributed by atoms with E-state index in [1.807, 2.05) is 13.8 Å². The van der Waals surface area contributed by atoms with Crippen molar-refractivity contribution in [2.24, 2.45) is 5.92 Å². The van der Waals surface area contributed by atoms with Gasteiger partial charge in [0, 0.05) is 6.54 Å². The average Bonchev–Trinajstić information content (AvgIpc) is 2.39. The van der Waals surface area contributed by atoms with Crippen molar-refractivity contribution in [1.82, 2.24) is 10.2 Å². The number of halogens is 3. The quantitative estimate of drug-likeness (QED) is 0.927. The van der Waals surface area contributed by atoms with Gasteiger partial charge in [-0.3, -0.25) is 0 Å². The van der Waals surface area contributed by atoms with Crippen LogP contribution in [0.25, 0.3) is 0 Å². The Morgan fingerprint density at radius 3 is 2.68 bits per heavy atom. The van der Waals surface area contributed by atoms with Gasteiger partial charge in [0.05, 0.1) is 18.7 Å². The molecule has 0 radical (unpaired) electrons. The van der Waals surface area contributed by atoms with Crippen LogP contribution in [-0.4, -0.2) is 36.7 Å². The maximum absolute atomic E-state index is 12.6. The minimum Gasteiger partial charge on any atom is -0.487 e. The van der Waals surface area contributed by atoms with Crippen molar-refractivity contribution in [3.8, 4) is 5.75 Å². The summed E-state index contributed by atoms with van der Waals surface area (Å²) in [7, 11) is 0. The average molecular weight is 316 g/mol. The molecule has 1 aromatic rings. The molecule has 2 rings (SSSR count). The smallest absolute Gasteiger partial charge is 0.416 e. The van der Waals surface area contributed by atoms with Gasteiger partial charge in [-0.2, -0.15) is 13.2 Å². The Morgan fingerprint density at radius 1 is 1.41 bits per heavy atom. The Kier molecular flexibility index (Phi) is 4.83. The van der Waals surface area contributed by atoms with Gasteiger partial charge in [-0.05, 0) is 24.1 Å². The zero-order chi connectivity index (χ0) is 16.3. The molecular formula is C15H19F3N2O2. The summed E-state index contributed by atoms with van der Waals surface area (Å²) < 4.78 is 43.3. The first-order valence-corrected chi connectivity index (χ1v) is 7.12. The van der Waals surface area contributed by atoms with E-state index in [-0.39, 0.29) is 17.9 Å². The number of hydrogen-bond acceptors (Lipinski definition) is 2. The minimum absolute atomic E-state index is 0.169. The second kappa shape index (κ2) is 6.46. The molecule has 0 bridgehead atoms. The Labute approximate surface area is 127 Å². The minimum atomic E-state index is -4.39. The van der Waals surface area contributed by atoms with Gasteiger partial charge in [-0.25, -0.2) is 4.79 Å². The molecule has 7 heteroatoms. The van der Waals surface area contributed by atoms with Crippen molar-refractivity contribution in [1.29, 1.82) is 0 Å². The number of nitrogens with one attached hydrogen (secondary N) is 1. The Hall–Kier alpha value is -1.92. The first-order chi connectivity index (χ1) is 10.3. The molecule has 0 aromatic heterocycles. The van der Waals surface area contributed by atoms with Gasteiger partial charge in [0.25, 0.3) is 0 Å². The molecule has 4 nitrogen and oxygen atoms in total. The van der Waals surface area contributed by atoms with Crippen LogP contribution in [0.5, 0.6) is 5.75 Å². The fourth-order valence-corrected chi connectivity index (χ4v) is 2.02. The van der Waals surface area contributed by atoms with Gasteiger partial charge in [0.2, 0.25) is 0 Å². The molecule has 1 saturated heterocycles. The Morgan fingerprint density at radius 2 is 2.09 bits per heavy atom. The lowest BCUT2D eigenvalue weighted by Crippen LogP contribution is -2.59. The van der Waals surface area contributed by atoms with E-state index >= 15 is 0 Å². The van der Waals surface area contributed by atoms with Crippen LogP contribution in [0.2, 0.25) is 0 Å². The SMILES string of the molecule is CC(C)CNC(=O)N1CC(Oc2cccc(C(F)(F)F)c2)C1. The van der Waals surface area contributed by atoms with E-state index in [2.05, 4.69) is 5.32 Å². The summed E-state index contributed by atoms with van der Waals surface area (Å²) in [5.74, 6) is 0.532. The number of likely N-dealkylation sites (tertiary alicyclic amines) is 1. The Balaban J connectivity index is 1.82. The van der Waals surface area contributed by atoms with Crippen LogP contribution >= 0.6 is 0 Å². The molecule has 0 spiro atoms. The molecule has 1 heterocycles. The molecule has 1 aliphatic rings. The predicted octanol–water partition coefficient (Wildman–Crippen LogP) is 3.13. The molecule has 1 fully saturated rings. The number of benzene rings is 1. The largest absolute Gasteiger partial charge is 0.487 e. The number of carbonyl (C=O) groups excluding carboxylic acids is 1. The molecule has 2 amide bonds. The van der Waals surface area contributed by atoms with E-state index in [1.165, 1.54) is 12.1 Å². The summed E-state index contributed by atoms with van der Waals surface area (Å²) in [6.07, 6.45) is -4.66. The van der Waals surface area contributed by atoms with E-state index in [0.717, 1.165) is 12.1 Å². The molecule has 1 N–H and O–H groups in total. The van der Waals surface area contributed by atoms with Gasteiger partial charge in [0.1, 0.15) is 11.9 Å². The normalized spacial score (nSPS) is 15.6. The molecule has 1 aliphatic heterocycles. The number of rotatable bonds is 4. The van der Waals surface area contributed by atoms with Crippen molar-refractivity contribution < 1.29 is 22.7 Å². The second-order valence-electron chi connectivity index (χ2n) is 5.75. The maximum Gasteiger partial charge on any atom is 0.416 e. The van der Waals surface area contributed by atoms with Gasteiger partial charge in [-0.1, -0.05) is 19.9 Å². The van der Waals surface area contributed by atoms with Crippen molar-refractivity contribution >= 4 is 6.03 Å². The van der Waals surface area contributed by atoms with E-state index in [0.29, 0.717) is 25.6 Å². The number of amides is 2. The molecule has 122 valence electrons. The standard InChI is InChI=1S/C15H19F3N2O2/c1-10(2)7-19-14(21)20-8-13(9-20)22-12-5-3-4-11(6-12)15(16,17)18/h3-6,10,13H,7-9H2,1-2H3,(H,19,21). The third-order valence-electron chi connectivity index (χ3n) is 3.26. The lowest BCUT2D eigenvalue weighted by molar-refractivity contribution is -0.137. The molecule has 22 heavy (non-hydrogen) atoms. The monoisotopic (exact) mass is 316 g/mol. The highest BCUT2D eigenvalue weighted by Crippen LogP contribution is 2.31. The third-order valence-corrected chi connectivity index (χ3v) is 3.26. The van der Waals surface area contributed by atoms with Gasteiger partial charge in [-0.15, -0.1) is 0 Å². The fraction of sp³-hybridized carbons (Fsp3) is 0.533. The summed E-state index contributed by atoms with van der Waals surface area (Å²) in [4.78, 5) is 13.3. The van der Waals surface area contributed by atoms with E-state index in [1.54, 1.807) is 4.90 Å². The number of alkyl halides is 3. The highest BCUT2D eigenvalue weighted by atomic mass is 19.4. The summed E-state index contributed by atoms with van der Waals surface area (Å²) in [5.41, 5.74) is -0.740. The molecule has 1 aromatic carbocycles. The van der Waals surface area contributed by atoms with Crippen LogP contribution in [0.3, 0.4) is 0 Å². The van der Waals surface area contributed by atoms with Crippen LogP contribution in [0, 0.1) is 5.92 Å². The first-order valence-electron chi connectivity index (χ1n) is 7.12. The lowest BCUT2D eigenvalue weighted by Gasteiger charge is -2.39. The first kappa shape index (κ1) is 16.5. The van der Waals surface area contributed by atoms with Crippen LogP contribution in [0.15, 0.2) is 24.3 Å². The maximum atomic E-state index is 12.6. The highest BCUT2D eigenvalue weighted by molar-refractivity contribution is 5.75. The van der Waals surface area contributed by atoms with Gasteiger partial charge < -0.3 is 15.0 Å². The zero-order valence-corrected chi connectivity index (χ0v) is 12.5. The molecule has 0 aliphatic carbocycles. The molecule has 0 unspecified atom stereocenters. The Bertz CT molecular complexity index is 526. The van der Waals surface area contributed by atoms with Crippen LogP contribution in [-0.2, 0) is 6.18 Å². The van der Waals surface area contributed by atoms with Crippen molar-refractivity contribution in [3.63, 3.8) is 0 Å². The summed E-state index contributed by atoms with van der Waals surface area (Å²) in [6, 6.07) is 4.60. The van der Waals surface area contributed by atoms with Gasteiger partial charge >= 0.3 is 12.2 Å². The van der Waals surface area contributed by atoms with E-state index in [4.69, 9.17) is 4.74 Å². The number of ether oxygens (including phenoxy) is 1. The van der Waals surface area contributed by atoms with Gasteiger partial charge in [0.15, 0.2) is 0 Å². The summed E-state index contributed by atoms with van der Waals surface area (Å²) in [5, 5.41) is 2.78. The lowest BCUT2D eigenvalue weighted by atomic mass is 10.1. The summed E-state index contributed by atoms with van der Waals surface area (Å²) >= 11 is 0. The molecule has 0 saturated carbocycles. The number of carbonyl (C=O) groups is 1. The van der Waals surface area contributed by atoms with Crippen molar-refractivity contribution in [2.45, 2.75) is 26.1 Å². The van der Waals surface area contributed by atoms with Crippen LogP contribution in [0.4, 0.5) is 18.0 Å². The zero-order valence-electron chi connectivity index (χ0n) is 12.5. The van der Waals surface area contributed by atoms with Crippen molar-refractivity contribution in [3.05, 3.63) is 29.8 Å². The van der Waals surface area contributed by atoms with Crippen molar-refractivity contribution in [2.75, 3.05) is 19.6 Å². The van der Waals surface area contributed by atoms with Crippen LogP contribution < -0.4 is 10.1 Å². The summed E-state index contributed by atoms with van der Waals surface area (Å²) in [6.45, 7) is 5.33. The fourth-order valence-electron chi connectivity index (χ4n) is 2.02. The topological polar surface area (TPSA) is 41.6 Å². The second-order valence-corrected chi connectivity index (χ2v) is 5.75. The third kappa shape index (κ3) is 4.29. The predicted molar refractivity (Wildman–Crippen MR) is 75.7 cm³/mol. The number of urea groups is 1. The van der Waals surface area contributed by atoms with E-state index < -0.39 is 11.7 Å².